The second-order valence-electron chi connectivity index (χ2n) is 8.37. The zero-order chi connectivity index (χ0) is 24.3. The number of benzene rings is 1. The number of carboxylic acid groups (broad SMARTS) is 1. The smallest absolute Gasteiger partial charge is 0.339 e. The van der Waals surface area contributed by atoms with Crippen LogP contribution in [0.3, 0.4) is 0 Å². The lowest BCUT2D eigenvalue weighted by molar-refractivity contribution is -0.146. The average Bonchev–Trinajstić information content (AvgIpc) is 2.77. The number of aromatic carboxylic acids is 1. The highest BCUT2D eigenvalue weighted by atomic mass is 16.5. The summed E-state index contributed by atoms with van der Waals surface area (Å²) in [6.45, 7) is 3.65. The predicted molar refractivity (Wildman–Crippen MR) is 129 cm³/mol. The van der Waals surface area contributed by atoms with Crippen LogP contribution in [0, 0.1) is 0 Å². The van der Waals surface area contributed by atoms with Gasteiger partial charge in [-0.1, -0.05) is 69.7 Å². The fourth-order valence-corrected chi connectivity index (χ4v) is 3.59. The van der Waals surface area contributed by atoms with Crippen LogP contribution in [0.4, 0.5) is 0 Å². The quantitative estimate of drug-likeness (QED) is 0.111. The first kappa shape index (κ1) is 28.4. The molecule has 6 heteroatoms. The molecule has 0 fully saturated rings. The highest BCUT2D eigenvalue weighted by Gasteiger charge is 2.13. The van der Waals surface area contributed by atoms with Crippen molar-refractivity contribution in [2.45, 2.75) is 103 Å². The summed E-state index contributed by atoms with van der Waals surface area (Å²) in [5.74, 6) is -1.62. The molecule has 1 N–H and O–H groups in total. The molecule has 1 rings (SSSR count). The van der Waals surface area contributed by atoms with Gasteiger partial charge < -0.3 is 14.6 Å². The van der Waals surface area contributed by atoms with Crippen LogP contribution in [0.25, 0.3) is 0 Å². The summed E-state index contributed by atoms with van der Waals surface area (Å²) >= 11 is 0. The number of rotatable bonds is 18. The maximum absolute atomic E-state index is 12.0. The molecule has 6 nitrogen and oxygen atoms in total. The summed E-state index contributed by atoms with van der Waals surface area (Å²) < 4.78 is 10.6. The number of carbonyl (C=O) groups excluding carboxylic acids is 2. The third kappa shape index (κ3) is 14.2. The molecule has 0 aromatic heterocycles. The van der Waals surface area contributed by atoms with E-state index in [0.717, 1.165) is 57.8 Å². The van der Waals surface area contributed by atoms with Gasteiger partial charge in [0, 0.05) is 19.8 Å². The Morgan fingerprint density at radius 1 is 0.939 bits per heavy atom. The van der Waals surface area contributed by atoms with Gasteiger partial charge in [-0.3, -0.25) is 9.59 Å². The molecular weight excluding hydrogens is 420 g/mol. The van der Waals surface area contributed by atoms with Gasteiger partial charge in [0.1, 0.15) is 17.4 Å². The summed E-state index contributed by atoms with van der Waals surface area (Å²) in [4.78, 5) is 34.4. The number of unbranched alkanes of at least 4 members (excludes halogenated alkanes) is 8. The fraction of sp³-hybridized carbons (Fsp3) is 0.593. The van der Waals surface area contributed by atoms with Crippen molar-refractivity contribution in [2.24, 2.45) is 0 Å². The minimum Gasteiger partial charge on any atom is -0.478 e. The fourth-order valence-electron chi connectivity index (χ4n) is 3.59. The van der Waals surface area contributed by atoms with E-state index in [1.165, 1.54) is 38.3 Å². The van der Waals surface area contributed by atoms with Crippen LogP contribution in [0.1, 0.15) is 108 Å². The summed E-state index contributed by atoms with van der Waals surface area (Å²) in [7, 11) is 0. The molecule has 33 heavy (non-hydrogen) atoms. The zero-order valence-corrected chi connectivity index (χ0v) is 20.2. The third-order valence-corrected chi connectivity index (χ3v) is 5.37. The first-order valence-corrected chi connectivity index (χ1v) is 12.3. The lowest BCUT2D eigenvalue weighted by Crippen LogP contribution is -2.15. The van der Waals surface area contributed by atoms with E-state index in [0.29, 0.717) is 0 Å². The molecule has 0 aliphatic carbocycles. The summed E-state index contributed by atoms with van der Waals surface area (Å²) in [6.07, 6.45) is 16.8. The number of carbonyl (C=O) groups is 3. The van der Waals surface area contributed by atoms with Crippen molar-refractivity contribution in [1.82, 2.24) is 0 Å². The largest absolute Gasteiger partial charge is 0.478 e. The number of hydrogen-bond donors (Lipinski definition) is 1. The third-order valence-electron chi connectivity index (χ3n) is 5.37. The number of hydrogen-bond acceptors (Lipinski definition) is 5. The lowest BCUT2D eigenvalue weighted by Gasteiger charge is -2.15. The van der Waals surface area contributed by atoms with Crippen molar-refractivity contribution < 1.29 is 29.0 Å². The van der Waals surface area contributed by atoms with Crippen LogP contribution in [-0.4, -0.2) is 29.1 Å². The molecule has 184 valence electrons. The number of esters is 2. The van der Waals surface area contributed by atoms with Gasteiger partial charge in [0.05, 0.1) is 0 Å². The second kappa shape index (κ2) is 17.9. The van der Waals surface area contributed by atoms with Crippen molar-refractivity contribution >= 4 is 17.9 Å². The SMILES string of the molecule is CCCCCCC(C/C=C/CCCCCCCC(=O)Oc1ccccc1C(=O)O)OC(C)=O. The Hall–Kier alpha value is -2.63. The Kier molecular flexibility index (Phi) is 15.4. The van der Waals surface area contributed by atoms with E-state index in [9.17, 15) is 14.4 Å². The highest BCUT2D eigenvalue weighted by molar-refractivity contribution is 5.91. The highest BCUT2D eigenvalue weighted by Crippen LogP contribution is 2.19. The van der Waals surface area contributed by atoms with Crippen molar-refractivity contribution in [3.8, 4) is 5.75 Å². The van der Waals surface area contributed by atoms with Crippen LogP contribution in [0.15, 0.2) is 36.4 Å². The summed E-state index contributed by atoms with van der Waals surface area (Å²) in [5.41, 5.74) is -0.00502. The van der Waals surface area contributed by atoms with E-state index >= 15 is 0 Å². The van der Waals surface area contributed by atoms with Crippen molar-refractivity contribution in [3.05, 3.63) is 42.0 Å². The molecule has 0 spiro atoms. The standard InChI is InChI=1S/C27H40O6/c1-3-4-5-12-17-23(32-22(2)28)18-13-10-8-6-7-9-11-14-21-26(29)33-25-20-16-15-19-24(25)27(30)31/h10,13,15-16,19-20,23H,3-9,11-12,14,17-18,21H2,1-2H3,(H,30,31)/b13-10+. The van der Waals surface area contributed by atoms with Crippen LogP contribution in [-0.2, 0) is 14.3 Å². The Labute approximate surface area is 198 Å². The number of ether oxygens (including phenoxy) is 2. The molecule has 0 radical (unpaired) electrons. The molecule has 0 aliphatic heterocycles. The topological polar surface area (TPSA) is 89.9 Å². The van der Waals surface area contributed by atoms with Gasteiger partial charge in [-0.05, 0) is 44.2 Å². The molecule has 0 aliphatic rings. The molecule has 1 atom stereocenters. The number of carboxylic acids is 1. The molecule has 0 heterocycles. The van der Waals surface area contributed by atoms with Crippen LogP contribution in [0.5, 0.6) is 5.75 Å². The monoisotopic (exact) mass is 460 g/mol. The van der Waals surface area contributed by atoms with E-state index in [1.54, 1.807) is 12.1 Å². The van der Waals surface area contributed by atoms with Crippen LogP contribution >= 0.6 is 0 Å². The van der Waals surface area contributed by atoms with Crippen LogP contribution < -0.4 is 4.74 Å². The molecule has 1 unspecified atom stereocenters. The molecule has 0 bridgehead atoms. The van der Waals surface area contributed by atoms with E-state index in [4.69, 9.17) is 14.6 Å². The minimum atomic E-state index is -1.11. The van der Waals surface area contributed by atoms with E-state index in [2.05, 4.69) is 19.1 Å². The Balaban J connectivity index is 2.12. The maximum Gasteiger partial charge on any atom is 0.339 e. The number of allylic oxidation sites excluding steroid dienone is 1. The van der Waals surface area contributed by atoms with Gasteiger partial charge in [0.2, 0.25) is 0 Å². The minimum absolute atomic E-state index is 0.00502. The van der Waals surface area contributed by atoms with Gasteiger partial charge in [0.15, 0.2) is 0 Å². The molecule has 0 saturated carbocycles. The van der Waals surface area contributed by atoms with Crippen molar-refractivity contribution in [2.75, 3.05) is 0 Å². The van der Waals surface area contributed by atoms with E-state index in [-0.39, 0.29) is 29.8 Å². The normalized spacial score (nSPS) is 11.9. The van der Waals surface area contributed by atoms with E-state index in [1.807, 2.05) is 0 Å². The number of para-hydroxylation sites is 1. The predicted octanol–water partition coefficient (Wildman–Crippen LogP) is 6.87. The first-order chi connectivity index (χ1) is 15.9. The zero-order valence-electron chi connectivity index (χ0n) is 20.2. The molecule has 1 aromatic carbocycles. The first-order valence-electron chi connectivity index (χ1n) is 12.3. The van der Waals surface area contributed by atoms with Gasteiger partial charge in [0.25, 0.3) is 0 Å². The van der Waals surface area contributed by atoms with Crippen molar-refractivity contribution in [1.29, 1.82) is 0 Å². The molecule has 0 amide bonds. The van der Waals surface area contributed by atoms with E-state index < -0.39 is 11.9 Å². The molecular formula is C27H40O6. The Bertz CT molecular complexity index is 740. The summed E-state index contributed by atoms with van der Waals surface area (Å²) in [6, 6.07) is 6.16. The average molecular weight is 461 g/mol. The van der Waals surface area contributed by atoms with Gasteiger partial charge in [-0.2, -0.15) is 0 Å². The van der Waals surface area contributed by atoms with Gasteiger partial charge in [-0.25, -0.2) is 4.79 Å². The second-order valence-corrected chi connectivity index (χ2v) is 8.37. The van der Waals surface area contributed by atoms with Gasteiger partial charge in [-0.15, -0.1) is 0 Å². The van der Waals surface area contributed by atoms with Crippen LogP contribution in [0.2, 0.25) is 0 Å². The Morgan fingerprint density at radius 2 is 1.64 bits per heavy atom. The summed E-state index contributed by atoms with van der Waals surface area (Å²) in [5, 5.41) is 9.13. The van der Waals surface area contributed by atoms with Crippen molar-refractivity contribution in [3.63, 3.8) is 0 Å². The lowest BCUT2D eigenvalue weighted by atomic mass is 10.1. The molecule has 0 saturated heterocycles. The Morgan fingerprint density at radius 3 is 2.36 bits per heavy atom. The molecule has 1 aromatic rings. The van der Waals surface area contributed by atoms with Gasteiger partial charge >= 0.3 is 17.9 Å². The maximum atomic E-state index is 12.0.